The van der Waals surface area contributed by atoms with Crippen LogP contribution in [0.3, 0.4) is 0 Å². The number of aromatic nitrogens is 2. The van der Waals surface area contributed by atoms with Crippen LogP contribution in [-0.4, -0.2) is 20.6 Å². The van der Waals surface area contributed by atoms with Crippen molar-refractivity contribution in [3.63, 3.8) is 0 Å². The Hall–Kier alpha value is -1.88. The van der Waals surface area contributed by atoms with Gasteiger partial charge in [0.05, 0.1) is 17.6 Å². The summed E-state index contributed by atoms with van der Waals surface area (Å²) in [6.07, 6.45) is 3.43. The SMILES string of the molecule is CC(C)[C@H](C)C(=O)Nc1nc2ccc(CO)cc2n1C1CCC1. The lowest BCUT2D eigenvalue weighted by Crippen LogP contribution is -2.27. The molecule has 2 N–H and O–H groups in total. The first-order chi connectivity index (χ1) is 11.0. The van der Waals surface area contributed by atoms with Crippen LogP contribution in [0.15, 0.2) is 18.2 Å². The van der Waals surface area contributed by atoms with E-state index in [2.05, 4.69) is 14.9 Å². The highest BCUT2D eigenvalue weighted by Gasteiger charge is 2.27. The van der Waals surface area contributed by atoms with Gasteiger partial charge in [-0.25, -0.2) is 4.98 Å². The van der Waals surface area contributed by atoms with E-state index in [0.717, 1.165) is 29.4 Å². The first-order valence-corrected chi connectivity index (χ1v) is 8.44. The second-order valence-corrected chi connectivity index (χ2v) is 6.89. The smallest absolute Gasteiger partial charge is 0.229 e. The fraction of sp³-hybridized carbons (Fsp3) is 0.556. The highest BCUT2D eigenvalue weighted by atomic mass is 16.3. The average molecular weight is 315 g/mol. The molecular formula is C18H25N3O2. The molecule has 1 saturated carbocycles. The van der Waals surface area contributed by atoms with E-state index in [-0.39, 0.29) is 24.3 Å². The number of carbonyl (C=O) groups is 1. The number of imidazole rings is 1. The van der Waals surface area contributed by atoms with Crippen LogP contribution in [0.2, 0.25) is 0 Å². The Kier molecular flexibility index (Phi) is 4.39. The number of rotatable bonds is 5. The summed E-state index contributed by atoms with van der Waals surface area (Å²) in [5, 5.41) is 12.4. The van der Waals surface area contributed by atoms with Crippen molar-refractivity contribution < 1.29 is 9.90 Å². The topological polar surface area (TPSA) is 67.2 Å². The number of amides is 1. The number of fused-ring (bicyclic) bond motifs is 1. The molecule has 1 atom stereocenters. The molecule has 0 radical (unpaired) electrons. The van der Waals surface area contributed by atoms with E-state index in [1.54, 1.807) is 0 Å². The third-order valence-electron chi connectivity index (χ3n) is 5.02. The first-order valence-electron chi connectivity index (χ1n) is 8.44. The highest BCUT2D eigenvalue weighted by molar-refractivity contribution is 5.93. The molecule has 5 heteroatoms. The molecule has 5 nitrogen and oxygen atoms in total. The molecule has 124 valence electrons. The summed E-state index contributed by atoms with van der Waals surface area (Å²) in [4.78, 5) is 17.1. The van der Waals surface area contributed by atoms with Gasteiger partial charge in [0.15, 0.2) is 0 Å². The lowest BCUT2D eigenvalue weighted by atomic mass is 9.92. The number of aliphatic hydroxyl groups is 1. The standard InChI is InChI=1S/C18H25N3O2/c1-11(2)12(3)17(23)20-18-19-15-8-7-13(10-22)9-16(15)21(18)14-5-4-6-14/h7-9,11-12,14,22H,4-6,10H2,1-3H3,(H,19,20,23)/t12-/m0/s1. The highest BCUT2D eigenvalue weighted by Crippen LogP contribution is 2.37. The van der Waals surface area contributed by atoms with E-state index in [4.69, 9.17) is 0 Å². The maximum absolute atomic E-state index is 12.4. The van der Waals surface area contributed by atoms with Crippen LogP contribution in [-0.2, 0) is 11.4 Å². The molecule has 23 heavy (non-hydrogen) atoms. The Morgan fingerprint density at radius 3 is 2.70 bits per heavy atom. The molecule has 2 aromatic rings. The van der Waals surface area contributed by atoms with Crippen molar-refractivity contribution in [2.75, 3.05) is 5.32 Å². The molecule has 0 bridgehead atoms. The van der Waals surface area contributed by atoms with E-state index >= 15 is 0 Å². The molecule has 0 saturated heterocycles. The zero-order valence-electron chi connectivity index (χ0n) is 14.0. The van der Waals surface area contributed by atoms with Crippen molar-refractivity contribution in [1.29, 1.82) is 0 Å². The lowest BCUT2D eigenvalue weighted by molar-refractivity contribution is -0.120. The Morgan fingerprint density at radius 1 is 1.39 bits per heavy atom. The molecule has 0 unspecified atom stereocenters. The Bertz CT molecular complexity index is 716. The number of anilines is 1. The van der Waals surface area contributed by atoms with E-state index in [0.29, 0.717) is 12.0 Å². The lowest BCUT2D eigenvalue weighted by Gasteiger charge is -2.29. The number of aliphatic hydroxyl groups excluding tert-OH is 1. The summed E-state index contributed by atoms with van der Waals surface area (Å²) in [5.41, 5.74) is 2.72. The van der Waals surface area contributed by atoms with Crippen molar-refractivity contribution in [2.24, 2.45) is 11.8 Å². The number of hydrogen-bond donors (Lipinski definition) is 2. The molecule has 0 spiro atoms. The van der Waals surface area contributed by atoms with Gasteiger partial charge in [-0.2, -0.15) is 0 Å². The van der Waals surface area contributed by atoms with Gasteiger partial charge in [-0.1, -0.05) is 26.8 Å². The molecule has 1 aromatic heterocycles. The zero-order chi connectivity index (χ0) is 16.6. The zero-order valence-corrected chi connectivity index (χ0v) is 14.0. The van der Waals surface area contributed by atoms with Gasteiger partial charge >= 0.3 is 0 Å². The maximum Gasteiger partial charge on any atom is 0.229 e. The van der Waals surface area contributed by atoms with Gasteiger partial charge in [0.1, 0.15) is 0 Å². The Labute approximate surface area is 136 Å². The van der Waals surface area contributed by atoms with E-state index in [1.807, 2.05) is 39.0 Å². The van der Waals surface area contributed by atoms with Crippen molar-refractivity contribution in [2.45, 2.75) is 52.7 Å². The predicted molar refractivity (Wildman–Crippen MR) is 91.2 cm³/mol. The van der Waals surface area contributed by atoms with Gasteiger partial charge < -0.3 is 9.67 Å². The largest absolute Gasteiger partial charge is 0.392 e. The van der Waals surface area contributed by atoms with Crippen LogP contribution >= 0.6 is 0 Å². The minimum atomic E-state index is -0.0577. The van der Waals surface area contributed by atoms with Crippen LogP contribution in [0.5, 0.6) is 0 Å². The third-order valence-corrected chi connectivity index (χ3v) is 5.02. The molecule has 1 fully saturated rings. The van der Waals surface area contributed by atoms with Gasteiger partial charge in [0, 0.05) is 12.0 Å². The fourth-order valence-electron chi connectivity index (χ4n) is 2.87. The summed E-state index contributed by atoms with van der Waals surface area (Å²) < 4.78 is 2.14. The number of benzene rings is 1. The van der Waals surface area contributed by atoms with Gasteiger partial charge in [0.25, 0.3) is 0 Å². The summed E-state index contributed by atoms with van der Waals surface area (Å²) in [6, 6.07) is 6.15. The first kappa shape index (κ1) is 16.0. The quantitative estimate of drug-likeness (QED) is 0.887. The van der Waals surface area contributed by atoms with Crippen molar-refractivity contribution in [1.82, 2.24) is 9.55 Å². The second kappa shape index (κ2) is 6.32. The predicted octanol–water partition coefficient (Wildman–Crippen LogP) is 3.48. The maximum atomic E-state index is 12.4. The van der Waals surface area contributed by atoms with Crippen LogP contribution < -0.4 is 5.32 Å². The Morgan fingerprint density at radius 2 is 2.13 bits per heavy atom. The molecule has 1 heterocycles. The minimum absolute atomic E-state index is 0.0118. The average Bonchev–Trinajstić information content (AvgIpc) is 2.82. The van der Waals surface area contributed by atoms with E-state index in [9.17, 15) is 9.90 Å². The summed E-state index contributed by atoms with van der Waals surface area (Å²) >= 11 is 0. The van der Waals surface area contributed by atoms with Gasteiger partial charge in [-0.05, 0) is 42.9 Å². The molecule has 1 aromatic carbocycles. The normalized spacial score (nSPS) is 16.6. The van der Waals surface area contributed by atoms with Gasteiger partial charge in [-0.15, -0.1) is 0 Å². The number of hydrogen-bond acceptors (Lipinski definition) is 3. The van der Waals surface area contributed by atoms with Crippen LogP contribution in [0.1, 0.15) is 51.6 Å². The summed E-state index contributed by atoms with van der Waals surface area (Å²) in [7, 11) is 0. The van der Waals surface area contributed by atoms with Crippen LogP contribution in [0.25, 0.3) is 11.0 Å². The van der Waals surface area contributed by atoms with E-state index < -0.39 is 0 Å². The molecule has 3 rings (SSSR count). The number of nitrogens with zero attached hydrogens (tertiary/aromatic N) is 2. The van der Waals surface area contributed by atoms with Crippen molar-refractivity contribution in [3.05, 3.63) is 23.8 Å². The van der Waals surface area contributed by atoms with Gasteiger partial charge in [-0.3, -0.25) is 10.1 Å². The molecule has 1 amide bonds. The summed E-state index contributed by atoms with van der Waals surface area (Å²) in [6.45, 7) is 6.05. The van der Waals surface area contributed by atoms with Gasteiger partial charge in [0.2, 0.25) is 11.9 Å². The van der Waals surface area contributed by atoms with Crippen molar-refractivity contribution in [3.8, 4) is 0 Å². The molecule has 1 aliphatic rings. The second-order valence-electron chi connectivity index (χ2n) is 6.89. The Balaban J connectivity index is 2.00. The fourth-order valence-corrected chi connectivity index (χ4v) is 2.87. The summed E-state index contributed by atoms with van der Waals surface area (Å²) in [5.74, 6) is 0.880. The molecule has 0 aliphatic heterocycles. The van der Waals surface area contributed by atoms with E-state index in [1.165, 1.54) is 6.42 Å². The van der Waals surface area contributed by atoms with Crippen LogP contribution in [0.4, 0.5) is 5.95 Å². The van der Waals surface area contributed by atoms with Crippen molar-refractivity contribution >= 4 is 22.9 Å². The third kappa shape index (κ3) is 2.98. The molecule has 1 aliphatic carbocycles. The molecular weight excluding hydrogens is 290 g/mol. The number of carbonyl (C=O) groups excluding carboxylic acids is 1. The monoisotopic (exact) mass is 315 g/mol. The minimum Gasteiger partial charge on any atom is -0.392 e. The number of nitrogens with one attached hydrogen (secondary N) is 1. The van der Waals surface area contributed by atoms with Crippen LogP contribution in [0, 0.1) is 11.8 Å².